The van der Waals surface area contributed by atoms with Crippen molar-refractivity contribution in [2.24, 2.45) is 0 Å². The Morgan fingerprint density at radius 2 is 1.88 bits per heavy atom. The molecule has 0 unspecified atom stereocenters. The zero-order valence-electron chi connectivity index (χ0n) is 9.04. The molecular formula is C11H13NO4. The summed E-state index contributed by atoms with van der Waals surface area (Å²) >= 11 is 0. The number of carbonyl (C=O) groups excluding carboxylic acids is 1. The standard InChI is InChI=1S/C6H5NO2.C5H8O2/c8-6(9)5-3-1-2-4-7-5;1-4(6)3-5(2)7/h1-4H,(H,8,9);3,6H,1-2H3. The lowest BCUT2D eigenvalue weighted by Crippen LogP contribution is -1.97. The first-order valence-electron chi connectivity index (χ1n) is 4.45. The van der Waals surface area contributed by atoms with E-state index in [0.29, 0.717) is 0 Å². The maximum atomic E-state index is 10.1. The molecule has 16 heavy (non-hydrogen) atoms. The Labute approximate surface area is 93.1 Å². The average molecular weight is 223 g/mol. The Hall–Kier alpha value is -2.17. The molecule has 0 saturated heterocycles. The van der Waals surface area contributed by atoms with E-state index >= 15 is 0 Å². The summed E-state index contributed by atoms with van der Waals surface area (Å²) in [6, 6.07) is 4.76. The van der Waals surface area contributed by atoms with Gasteiger partial charge < -0.3 is 10.2 Å². The summed E-state index contributed by atoms with van der Waals surface area (Å²) in [5, 5.41) is 16.7. The van der Waals surface area contributed by atoms with E-state index in [0.717, 1.165) is 0 Å². The number of rotatable bonds is 2. The molecule has 0 fully saturated rings. The zero-order chi connectivity index (χ0) is 12.6. The molecule has 5 nitrogen and oxygen atoms in total. The molecule has 0 aliphatic heterocycles. The number of hydrogen-bond acceptors (Lipinski definition) is 4. The summed E-state index contributed by atoms with van der Waals surface area (Å²) in [5.74, 6) is -1.05. The van der Waals surface area contributed by atoms with Gasteiger partial charge in [0.05, 0.1) is 5.76 Å². The van der Waals surface area contributed by atoms with Crippen LogP contribution in [0.4, 0.5) is 0 Å². The molecule has 0 aliphatic rings. The molecule has 0 radical (unpaired) electrons. The number of hydrogen-bond donors (Lipinski definition) is 2. The third-order valence-corrected chi connectivity index (χ3v) is 1.30. The number of aliphatic hydroxyl groups excluding tert-OH is 1. The van der Waals surface area contributed by atoms with E-state index in [-0.39, 0.29) is 17.2 Å². The predicted molar refractivity (Wildman–Crippen MR) is 58.3 cm³/mol. The van der Waals surface area contributed by atoms with Gasteiger partial charge in [-0.15, -0.1) is 0 Å². The maximum absolute atomic E-state index is 10.1. The highest BCUT2D eigenvalue weighted by molar-refractivity contribution is 5.87. The number of aliphatic hydroxyl groups is 1. The topological polar surface area (TPSA) is 87.5 Å². The van der Waals surface area contributed by atoms with Crippen LogP contribution in [-0.2, 0) is 4.79 Å². The Morgan fingerprint density at radius 1 is 1.25 bits per heavy atom. The third kappa shape index (κ3) is 7.25. The fourth-order valence-electron chi connectivity index (χ4n) is 0.783. The molecule has 5 heteroatoms. The maximum Gasteiger partial charge on any atom is 0.354 e. The number of carbonyl (C=O) groups is 2. The molecule has 1 rings (SSSR count). The lowest BCUT2D eigenvalue weighted by Gasteiger charge is -1.87. The van der Waals surface area contributed by atoms with E-state index in [2.05, 4.69) is 4.98 Å². The van der Waals surface area contributed by atoms with E-state index in [1.54, 1.807) is 12.1 Å². The Balaban J connectivity index is 0.000000293. The highest BCUT2D eigenvalue weighted by Gasteiger charge is 1.98. The molecule has 0 saturated carbocycles. The summed E-state index contributed by atoms with van der Waals surface area (Å²) in [6.45, 7) is 2.85. The number of nitrogens with zero attached hydrogens (tertiary/aromatic N) is 1. The number of aromatic nitrogens is 1. The Kier molecular flexibility index (Phi) is 6.19. The minimum absolute atomic E-state index is 0.0625. The van der Waals surface area contributed by atoms with Crippen LogP contribution in [0.3, 0.4) is 0 Å². The summed E-state index contributed by atoms with van der Waals surface area (Å²) < 4.78 is 0. The Morgan fingerprint density at radius 3 is 2.06 bits per heavy atom. The van der Waals surface area contributed by atoms with E-state index in [1.165, 1.54) is 32.2 Å². The summed E-state index contributed by atoms with van der Waals surface area (Å²) in [6.07, 6.45) is 2.61. The largest absolute Gasteiger partial charge is 0.512 e. The molecular weight excluding hydrogens is 210 g/mol. The number of carboxylic acid groups (broad SMARTS) is 1. The SMILES string of the molecule is CC(=O)C=C(C)O.O=C(O)c1ccccn1. The van der Waals surface area contributed by atoms with Crippen LogP contribution < -0.4 is 0 Å². The van der Waals surface area contributed by atoms with Crippen molar-refractivity contribution in [3.05, 3.63) is 41.9 Å². The van der Waals surface area contributed by atoms with Crippen LogP contribution in [0.15, 0.2) is 36.2 Å². The van der Waals surface area contributed by atoms with Crippen LogP contribution in [0.25, 0.3) is 0 Å². The molecule has 0 amide bonds. The van der Waals surface area contributed by atoms with Crippen molar-refractivity contribution in [1.29, 1.82) is 0 Å². The van der Waals surface area contributed by atoms with Crippen LogP contribution in [0, 0.1) is 0 Å². The fraction of sp³-hybridized carbons (Fsp3) is 0.182. The number of allylic oxidation sites excluding steroid dienone is 2. The second-order valence-corrected chi connectivity index (χ2v) is 2.92. The van der Waals surface area contributed by atoms with Crippen LogP contribution in [0.2, 0.25) is 0 Å². The van der Waals surface area contributed by atoms with Gasteiger partial charge >= 0.3 is 5.97 Å². The second-order valence-electron chi connectivity index (χ2n) is 2.92. The van der Waals surface area contributed by atoms with Gasteiger partial charge in [0.1, 0.15) is 5.69 Å². The van der Waals surface area contributed by atoms with Crippen molar-refractivity contribution in [1.82, 2.24) is 4.98 Å². The molecule has 0 atom stereocenters. The van der Waals surface area contributed by atoms with Gasteiger partial charge in [-0.05, 0) is 26.0 Å². The van der Waals surface area contributed by atoms with Gasteiger partial charge in [-0.3, -0.25) is 4.79 Å². The molecule has 0 aliphatic carbocycles. The van der Waals surface area contributed by atoms with Gasteiger partial charge in [0.25, 0.3) is 0 Å². The first kappa shape index (κ1) is 13.8. The van der Waals surface area contributed by atoms with E-state index in [9.17, 15) is 9.59 Å². The summed E-state index contributed by atoms with van der Waals surface area (Å²) in [7, 11) is 0. The molecule has 0 aromatic carbocycles. The first-order chi connectivity index (χ1) is 7.43. The van der Waals surface area contributed by atoms with E-state index in [4.69, 9.17) is 10.2 Å². The third-order valence-electron chi connectivity index (χ3n) is 1.30. The average Bonchev–Trinajstić information content (AvgIpc) is 2.17. The number of pyridine rings is 1. The van der Waals surface area contributed by atoms with Crippen LogP contribution in [0.5, 0.6) is 0 Å². The van der Waals surface area contributed by atoms with Gasteiger partial charge in [-0.25, -0.2) is 9.78 Å². The van der Waals surface area contributed by atoms with Crippen molar-refractivity contribution in [3.8, 4) is 0 Å². The van der Waals surface area contributed by atoms with Gasteiger partial charge in [0.15, 0.2) is 5.78 Å². The van der Waals surface area contributed by atoms with E-state index in [1.807, 2.05) is 0 Å². The fourth-order valence-corrected chi connectivity index (χ4v) is 0.783. The predicted octanol–water partition coefficient (Wildman–Crippen LogP) is 1.82. The molecule has 1 heterocycles. The summed E-state index contributed by atoms with van der Waals surface area (Å²) in [5.41, 5.74) is 0.0810. The van der Waals surface area contributed by atoms with Crippen molar-refractivity contribution in [3.63, 3.8) is 0 Å². The van der Waals surface area contributed by atoms with Crippen LogP contribution in [-0.4, -0.2) is 26.9 Å². The quantitative estimate of drug-likeness (QED) is 0.589. The first-order valence-corrected chi connectivity index (χ1v) is 4.45. The summed E-state index contributed by atoms with van der Waals surface area (Å²) in [4.78, 5) is 23.7. The van der Waals surface area contributed by atoms with Crippen molar-refractivity contribution in [2.75, 3.05) is 0 Å². The van der Waals surface area contributed by atoms with Crippen LogP contribution in [0.1, 0.15) is 24.3 Å². The number of ketones is 1. The molecule has 0 spiro atoms. The van der Waals surface area contributed by atoms with Crippen LogP contribution >= 0.6 is 0 Å². The zero-order valence-corrected chi connectivity index (χ0v) is 9.04. The normalized spacial score (nSPS) is 10.0. The van der Waals surface area contributed by atoms with Crippen molar-refractivity contribution >= 4 is 11.8 Å². The highest BCUT2D eigenvalue weighted by atomic mass is 16.4. The molecule has 1 aromatic rings. The minimum atomic E-state index is -0.990. The lowest BCUT2D eigenvalue weighted by atomic mass is 10.4. The Bertz CT molecular complexity index is 380. The smallest absolute Gasteiger partial charge is 0.354 e. The monoisotopic (exact) mass is 223 g/mol. The number of carboxylic acids is 1. The molecule has 2 N–H and O–H groups in total. The minimum Gasteiger partial charge on any atom is -0.512 e. The molecule has 1 aromatic heterocycles. The van der Waals surface area contributed by atoms with E-state index < -0.39 is 5.97 Å². The molecule has 86 valence electrons. The molecule has 0 bridgehead atoms. The van der Waals surface area contributed by atoms with Crippen molar-refractivity contribution in [2.45, 2.75) is 13.8 Å². The second kappa shape index (κ2) is 7.17. The van der Waals surface area contributed by atoms with Gasteiger partial charge in [0, 0.05) is 12.3 Å². The highest BCUT2D eigenvalue weighted by Crippen LogP contribution is 1.90. The number of aromatic carboxylic acids is 1. The van der Waals surface area contributed by atoms with Gasteiger partial charge in [0.2, 0.25) is 0 Å². The van der Waals surface area contributed by atoms with Crippen molar-refractivity contribution < 1.29 is 19.8 Å². The van der Waals surface area contributed by atoms with Gasteiger partial charge in [-0.1, -0.05) is 6.07 Å². The lowest BCUT2D eigenvalue weighted by molar-refractivity contribution is -0.112. The van der Waals surface area contributed by atoms with Gasteiger partial charge in [-0.2, -0.15) is 0 Å².